The van der Waals surface area contributed by atoms with Crippen LogP contribution in [-0.2, 0) is 0 Å². The Labute approximate surface area is 570 Å². The van der Waals surface area contributed by atoms with Crippen molar-refractivity contribution in [2.75, 3.05) is 0 Å². The zero-order valence-corrected chi connectivity index (χ0v) is 60.6. The van der Waals surface area contributed by atoms with E-state index in [4.69, 9.17) is 0 Å². The monoisotopic (exact) mass is 1260 g/mol. The van der Waals surface area contributed by atoms with Crippen LogP contribution in [0.2, 0.25) is 0 Å². The average molecular weight is 1260 g/mol. The SMILES string of the molecule is C12C3C4C1C1C2C3C41.C1C2CC3C4CC5CC(C14)C(C2)C3C5.C1C2CC3CC1CC(C2)C3.C1CC2CC1C2.C1CC2CCC(C1)C2.C1CC2CCC1C2.C1CC2CCC1CC2.C1CC2CCCC(C1)C2.C1CC2CCCC(C1)CC2.C1CCC2CCCCC(CC1)C2. The summed E-state index contributed by atoms with van der Waals surface area (Å²) in [5.41, 5.74) is 0. The molecule has 0 radical (unpaired) electrons. The number of hydrogen-bond acceptors (Lipinski definition) is 0. The topological polar surface area (TPSA) is 0 Å². The Balaban J connectivity index is 0.0000000761. The van der Waals surface area contributed by atoms with Gasteiger partial charge in [0.05, 0.1) is 0 Å². The van der Waals surface area contributed by atoms with Gasteiger partial charge in [0.25, 0.3) is 0 Å². The van der Waals surface area contributed by atoms with Crippen molar-refractivity contribution < 1.29 is 0 Å². The Kier molecular flexibility index (Phi) is 20.1. The Morgan fingerprint density at radius 2 is 0.228 bits per heavy atom. The molecule has 4 atom stereocenters. The fourth-order valence-electron chi connectivity index (χ4n) is 33.3. The van der Waals surface area contributed by atoms with Crippen LogP contribution in [-0.4, -0.2) is 0 Å². The van der Waals surface area contributed by atoms with Crippen molar-refractivity contribution in [1.29, 1.82) is 0 Å². The quantitative estimate of drug-likeness (QED) is 0.227. The van der Waals surface area contributed by atoms with Crippen molar-refractivity contribution in [3.8, 4) is 0 Å². The van der Waals surface area contributed by atoms with E-state index in [2.05, 4.69) is 0 Å². The fourth-order valence-corrected chi connectivity index (χ4v) is 33.3. The summed E-state index contributed by atoms with van der Waals surface area (Å²) in [4.78, 5) is 0. The van der Waals surface area contributed by atoms with E-state index < -0.39 is 0 Å². The second-order valence-electron chi connectivity index (χ2n) is 42.4. The molecule has 4 unspecified atom stereocenters. The predicted molar refractivity (Wildman–Crippen MR) is 386 cm³/mol. The lowest BCUT2D eigenvalue weighted by molar-refractivity contribution is -0.565. The predicted octanol–water partition coefficient (Wildman–Crippen LogP) is 26.8. The van der Waals surface area contributed by atoms with Gasteiger partial charge in [-0.05, 0) is 317 Å². The van der Waals surface area contributed by atoms with Crippen molar-refractivity contribution in [3.05, 3.63) is 0 Å². The number of rotatable bonds is 0. The van der Waals surface area contributed by atoms with Crippen LogP contribution < -0.4 is 0 Å². The van der Waals surface area contributed by atoms with E-state index in [0.29, 0.717) is 0 Å². The standard InChI is InChI=1S/C14H20.C12H22.C10H16.C10H18.C9H16.C8H8.2C8H14.C7H12.C6H10/c1-7-2-12-10-4-8-5-11(9(1)10)13(3-7)14(12)6-8;1-2-6-11-8-4-5-9-12(10-11)7-3-1;1-7-2-9-4-8(1)5-10(3-7)6-9;1-3-9-5-2-6-10(4-1)8-7-9;1-3-8-5-2-6-9(4-1)7-8;1-2-5-3(1)7-4(1)6(2)8(5)7;1-2-8-5-3-7(1)4-6-8;1-2-7-4-5-8(3-1)6-7;1-2-7-4-3-6(1)5-7;1-2-6-3-5(1)4-6/h7-14H,1-6H2;11-12H,1-10H2;7-10H,1-6H2;9-10H,1-8H2;8-9H,1-7H2;1-8H;2*7-8H,1-6H2;6-7H,1-5H2;5-6H,1-4H2. The Hall–Kier alpha value is 0. The molecular weight excluding hydrogens is 1110 g/mol. The molecule has 0 spiro atoms. The summed E-state index contributed by atoms with van der Waals surface area (Å²) >= 11 is 0. The van der Waals surface area contributed by atoms with Gasteiger partial charge in [0.2, 0.25) is 0 Å². The highest BCUT2D eigenvalue weighted by Crippen LogP contribution is 3.01. The van der Waals surface area contributed by atoms with Crippen LogP contribution in [0, 0.1) is 201 Å². The van der Waals surface area contributed by atoms with Crippen LogP contribution >= 0.6 is 0 Å². The summed E-state index contributed by atoms with van der Waals surface area (Å²) < 4.78 is 0. The zero-order valence-electron chi connectivity index (χ0n) is 60.6. The molecule has 518 valence electrons. The van der Waals surface area contributed by atoms with Gasteiger partial charge >= 0.3 is 0 Å². The summed E-state index contributed by atoms with van der Waals surface area (Å²) in [6, 6.07) is 0. The molecule has 0 heteroatoms. The van der Waals surface area contributed by atoms with Gasteiger partial charge in [-0.1, -0.05) is 257 Å². The fraction of sp³-hybridized carbons (Fsp3) is 1.00. The number of fused-ring (bicyclic) bond motifs is 15. The van der Waals surface area contributed by atoms with Gasteiger partial charge in [-0.2, -0.15) is 0 Å². The van der Waals surface area contributed by atoms with Crippen LogP contribution in [0.5, 0.6) is 0 Å². The summed E-state index contributed by atoms with van der Waals surface area (Å²) in [6.45, 7) is 0. The summed E-state index contributed by atoms with van der Waals surface area (Å²) in [6.07, 6.45) is 91.1. The molecule has 0 nitrogen and oxygen atoms in total. The lowest BCUT2D eigenvalue weighted by Crippen LogP contribution is -3.00. The van der Waals surface area contributed by atoms with E-state index in [1.54, 1.807) is 308 Å². The molecule has 33 fully saturated rings. The molecule has 26 bridgehead atoms. The highest BCUT2D eigenvalue weighted by Gasteiger charge is 2.97. The summed E-state index contributed by atoms with van der Waals surface area (Å²) in [5.74, 6) is 41.3. The molecule has 0 saturated heterocycles. The number of hydrogen-bond donors (Lipinski definition) is 0. The first-order valence-electron chi connectivity index (χ1n) is 45.4. The molecule has 0 aliphatic heterocycles. The lowest BCUT2D eigenvalue weighted by Gasteiger charge is -3.03. The molecule has 33 aliphatic rings. The molecule has 0 aromatic rings. The molecule has 0 N–H and O–H groups in total. The molecule has 0 aromatic carbocycles. The van der Waals surface area contributed by atoms with Gasteiger partial charge < -0.3 is 0 Å². The van der Waals surface area contributed by atoms with Crippen LogP contribution in [0.1, 0.15) is 372 Å². The maximum atomic E-state index is 1.65. The first-order chi connectivity index (χ1) is 45.4. The van der Waals surface area contributed by atoms with Crippen molar-refractivity contribution in [3.63, 3.8) is 0 Å². The van der Waals surface area contributed by atoms with Crippen LogP contribution in [0.15, 0.2) is 0 Å². The van der Waals surface area contributed by atoms with Crippen molar-refractivity contribution in [1.82, 2.24) is 0 Å². The maximum absolute atomic E-state index is 1.65. The lowest BCUT2D eigenvalue weighted by atomic mass is 9.01. The normalized spacial score (nSPS) is 55.0. The first kappa shape index (κ1) is 64.1. The highest BCUT2D eigenvalue weighted by molar-refractivity contribution is 5.44. The Morgan fingerprint density at radius 3 is 0.457 bits per heavy atom. The summed E-state index contributed by atoms with van der Waals surface area (Å²) in [7, 11) is 0. The molecule has 0 heterocycles. The van der Waals surface area contributed by atoms with Gasteiger partial charge in [-0.15, -0.1) is 0 Å². The second kappa shape index (κ2) is 28.8. The third-order valence-electron chi connectivity index (χ3n) is 37.5. The highest BCUT2D eigenvalue weighted by atomic mass is 15.0. The van der Waals surface area contributed by atoms with Gasteiger partial charge in [-0.3, -0.25) is 0 Å². The van der Waals surface area contributed by atoms with Crippen molar-refractivity contribution in [2.45, 2.75) is 372 Å². The van der Waals surface area contributed by atoms with E-state index in [1.807, 2.05) is 0 Å². The minimum absolute atomic E-state index is 1.12. The van der Waals surface area contributed by atoms with Gasteiger partial charge in [-0.25, -0.2) is 0 Å². The largest absolute Gasteiger partial charge is 0.0533 e. The van der Waals surface area contributed by atoms with E-state index in [0.717, 1.165) is 59.2 Å². The Bertz CT molecular complexity index is 1930. The van der Waals surface area contributed by atoms with Crippen LogP contribution in [0.3, 0.4) is 0 Å². The first-order valence-corrected chi connectivity index (χ1v) is 45.4. The van der Waals surface area contributed by atoms with Crippen LogP contribution in [0.25, 0.3) is 0 Å². The molecule has 0 amide bonds. The summed E-state index contributed by atoms with van der Waals surface area (Å²) in [5, 5.41) is 0. The smallest absolute Gasteiger partial charge is 0.0312 e. The molecule has 33 saturated carbocycles. The second-order valence-corrected chi connectivity index (χ2v) is 42.4. The van der Waals surface area contributed by atoms with Gasteiger partial charge in [0.15, 0.2) is 0 Å². The molecule has 0 aromatic heterocycles. The van der Waals surface area contributed by atoms with Crippen molar-refractivity contribution >= 4 is 0 Å². The van der Waals surface area contributed by atoms with Crippen molar-refractivity contribution in [2.24, 2.45) is 201 Å². The molecule has 33 aliphatic carbocycles. The van der Waals surface area contributed by atoms with E-state index in [1.165, 1.54) is 206 Å². The maximum Gasteiger partial charge on any atom is -0.0312 e. The Morgan fingerprint density at radius 1 is 0.0870 bits per heavy atom. The minimum Gasteiger partial charge on any atom is -0.0533 e. The van der Waals surface area contributed by atoms with Gasteiger partial charge in [0.1, 0.15) is 0 Å². The third kappa shape index (κ3) is 13.6. The van der Waals surface area contributed by atoms with E-state index >= 15 is 0 Å². The zero-order chi connectivity index (χ0) is 60.6. The molecule has 33 rings (SSSR count). The van der Waals surface area contributed by atoms with Crippen LogP contribution in [0.4, 0.5) is 0 Å². The van der Waals surface area contributed by atoms with Gasteiger partial charge in [0, 0.05) is 0 Å². The molecular formula is C92H150. The minimum atomic E-state index is 1.12. The third-order valence-corrected chi connectivity index (χ3v) is 37.5. The molecule has 92 heavy (non-hydrogen) atoms. The van der Waals surface area contributed by atoms with E-state index in [9.17, 15) is 0 Å². The average Bonchev–Trinajstić information content (AvgIpc) is 0.590. The van der Waals surface area contributed by atoms with E-state index in [-0.39, 0.29) is 0 Å².